The van der Waals surface area contributed by atoms with Crippen molar-refractivity contribution >= 4 is 27.4 Å². The lowest BCUT2D eigenvalue weighted by Gasteiger charge is -2.17. The Bertz CT molecular complexity index is 1270. The van der Waals surface area contributed by atoms with Crippen LogP contribution in [-0.2, 0) is 14.6 Å². The third-order valence-electron chi connectivity index (χ3n) is 5.54. The van der Waals surface area contributed by atoms with E-state index in [2.05, 4.69) is 20.6 Å². The van der Waals surface area contributed by atoms with Crippen LogP contribution in [0.5, 0.6) is 0 Å². The number of nitrogens with zero attached hydrogens (tertiary/aromatic N) is 2. The molecule has 4 rings (SSSR count). The molecule has 0 radical (unpaired) electrons. The van der Waals surface area contributed by atoms with E-state index in [1.54, 1.807) is 48.5 Å². The van der Waals surface area contributed by atoms with Gasteiger partial charge in [0.2, 0.25) is 0 Å². The van der Waals surface area contributed by atoms with Gasteiger partial charge < -0.3 is 16.4 Å². The number of nitrogens with one attached hydrogen (secondary N) is 2. The zero-order chi connectivity index (χ0) is 23.6. The summed E-state index contributed by atoms with van der Waals surface area (Å²) in [6.07, 6.45) is 0.909. The average Bonchev–Trinajstić information content (AvgIpc) is 3.61. The van der Waals surface area contributed by atoms with Crippen LogP contribution in [0.15, 0.2) is 59.5 Å². The summed E-state index contributed by atoms with van der Waals surface area (Å²) in [6, 6.07) is 14.5. The molecule has 2 amide bonds. The first-order valence-corrected chi connectivity index (χ1v) is 11.9. The number of nitrogens with two attached hydrogens (primary N) is 1. The second kappa shape index (κ2) is 8.78. The van der Waals surface area contributed by atoms with E-state index in [0.29, 0.717) is 35.6 Å². The van der Waals surface area contributed by atoms with E-state index < -0.39 is 27.3 Å². The van der Waals surface area contributed by atoms with Gasteiger partial charge in [-0.05, 0) is 56.2 Å². The maximum atomic E-state index is 13.4. The highest BCUT2D eigenvalue weighted by Gasteiger charge is 2.57. The van der Waals surface area contributed by atoms with Gasteiger partial charge in [0.15, 0.2) is 15.7 Å². The van der Waals surface area contributed by atoms with E-state index in [0.717, 1.165) is 5.56 Å². The highest BCUT2D eigenvalue weighted by atomic mass is 32.2. The smallest absolute Gasteiger partial charge is 0.319 e. The predicted octanol–water partition coefficient (Wildman–Crippen LogP) is 3.59. The number of rotatable bonds is 7. The first-order chi connectivity index (χ1) is 15.7. The van der Waals surface area contributed by atoms with Gasteiger partial charge in [-0.15, -0.1) is 0 Å². The number of amides is 2. The van der Waals surface area contributed by atoms with Crippen LogP contribution in [0.1, 0.15) is 24.1 Å². The highest BCUT2D eigenvalue weighted by molar-refractivity contribution is 7.92. The average molecular weight is 470 g/mol. The molecule has 0 saturated heterocycles. The van der Waals surface area contributed by atoms with Crippen molar-refractivity contribution in [3.05, 3.63) is 65.9 Å². The van der Waals surface area contributed by atoms with Crippen molar-refractivity contribution in [2.45, 2.75) is 29.4 Å². The van der Waals surface area contributed by atoms with E-state index in [1.165, 1.54) is 6.07 Å². The number of urea groups is 1. The molecule has 0 spiro atoms. The third kappa shape index (κ3) is 4.51. The zero-order valence-corrected chi connectivity index (χ0v) is 18.8. The number of hydrogen-bond acceptors (Lipinski definition) is 6. The Balaban J connectivity index is 1.62. The van der Waals surface area contributed by atoms with E-state index >= 15 is 0 Å². The Morgan fingerprint density at radius 3 is 2.36 bits per heavy atom. The summed E-state index contributed by atoms with van der Waals surface area (Å²) in [5, 5.41) is 4.97. The summed E-state index contributed by atoms with van der Waals surface area (Å²) >= 11 is 0. The molecule has 0 atom stereocenters. The number of alkyl halides is 1. The van der Waals surface area contributed by atoms with Gasteiger partial charge in [0, 0.05) is 23.9 Å². The van der Waals surface area contributed by atoms with Crippen LogP contribution in [-0.4, -0.2) is 37.6 Å². The summed E-state index contributed by atoms with van der Waals surface area (Å²) in [4.78, 5) is 20.8. The lowest BCUT2D eigenvalue weighted by Crippen LogP contribution is -2.30. The molecular formula is C23H24FN5O3S. The van der Waals surface area contributed by atoms with E-state index in [4.69, 9.17) is 5.73 Å². The summed E-state index contributed by atoms with van der Waals surface area (Å²) in [5.41, 5.74) is 8.49. The number of aromatic nitrogens is 2. The third-order valence-corrected chi connectivity index (χ3v) is 8.08. The molecule has 2 aromatic carbocycles. The van der Waals surface area contributed by atoms with Gasteiger partial charge in [0.1, 0.15) is 17.2 Å². The molecule has 1 fully saturated rings. The lowest BCUT2D eigenvalue weighted by atomic mass is 10.1. The van der Waals surface area contributed by atoms with Crippen molar-refractivity contribution < 1.29 is 17.6 Å². The number of hydrogen-bond donors (Lipinski definition) is 3. The number of anilines is 2. The first kappa shape index (κ1) is 22.7. The minimum Gasteiger partial charge on any atom is -0.384 e. The molecule has 4 N–H and O–H groups in total. The lowest BCUT2D eigenvalue weighted by molar-refractivity contribution is 0.251. The number of carbonyl (C=O) groups is 1. The predicted molar refractivity (Wildman–Crippen MR) is 124 cm³/mol. The molecule has 1 aliphatic rings. The standard InChI is InChI=1S/C23H24FN5O3S/c1-15-2-8-18(9-3-15)33(31,32)23(10-11-23)19-14-20(25)29-21(28-19)16-4-6-17(7-5-16)27-22(30)26-13-12-24/h2-9,14H,10-13H2,1H3,(H2,25,28,29)(H2,26,27,30). The Hall–Kier alpha value is -3.53. The van der Waals surface area contributed by atoms with Crippen molar-refractivity contribution in [1.29, 1.82) is 0 Å². The number of benzene rings is 2. The maximum absolute atomic E-state index is 13.4. The van der Waals surface area contributed by atoms with Crippen LogP contribution in [0.2, 0.25) is 0 Å². The van der Waals surface area contributed by atoms with Crippen LogP contribution in [0.25, 0.3) is 11.4 Å². The summed E-state index contributed by atoms with van der Waals surface area (Å²) in [5.74, 6) is 0.469. The van der Waals surface area contributed by atoms with Crippen LogP contribution >= 0.6 is 0 Å². The van der Waals surface area contributed by atoms with Crippen molar-refractivity contribution in [3.8, 4) is 11.4 Å². The van der Waals surface area contributed by atoms with E-state index in [9.17, 15) is 17.6 Å². The van der Waals surface area contributed by atoms with Crippen LogP contribution in [0, 0.1) is 6.92 Å². The molecule has 1 heterocycles. The molecule has 1 aliphatic carbocycles. The second-order valence-corrected chi connectivity index (χ2v) is 10.2. The topological polar surface area (TPSA) is 127 Å². The zero-order valence-electron chi connectivity index (χ0n) is 18.0. The monoisotopic (exact) mass is 469 g/mol. The maximum Gasteiger partial charge on any atom is 0.319 e. The number of nitrogen functional groups attached to an aromatic ring is 1. The molecule has 8 nitrogen and oxygen atoms in total. The van der Waals surface area contributed by atoms with Gasteiger partial charge in [-0.25, -0.2) is 27.6 Å². The Morgan fingerprint density at radius 1 is 1.09 bits per heavy atom. The van der Waals surface area contributed by atoms with E-state index in [-0.39, 0.29) is 17.3 Å². The van der Waals surface area contributed by atoms with Crippen molar-refractivity contribution in [2.24, 2.45) is 0 Å². The Morgan fingerprint density at radius 2 is 1.76 bits per heavy atom. The van der Waals surface area contributed by atoms with Gasteiger partial charge >= 0.3 is 6.03 Å². The number of halogens is 1. The summed E-state index contributed by atoms with van der Waals surface area (Å²) in [7, 11) is -3.67. The fraction of sp³-hybridized carbons (Fsp3) is 0.261. The van der Waals surface area contributed by atoms with Crippen molar-refractivity contribution in [3.63, 3.8) is 0 Å². The van der Waals surface area contributed by atoms with Gasteiger partial charge in [-0.3, -0.25) is 0 Å². The molecule has 0 aliphatic heterocycles. The van der Waals surface area contributed by atoms with Crippen LogP contribution in [0.3, 0.4) is 0 Å². The van der Waals surface area contributed by atoms with Crippen molar-refractivity contribution in [2.75, 3.05) is 24.3 Å². The Labute approximate surface area is 191 Å². The summed E-state index contributed by atoms with van der Waals surface area (Å²) in [6.45, 7) is 1.18. The van der Waals surface area contributed by atoms with Gasteiger partial charge in [-0.2, -0.15) is 0 Å². The molecule has 1 saturated carbocycles. The second-order valence-electron chi connectivity index (χ2n) is 7.96. The minimum atomic E-state index is -3.67. The van der Waals surface area contributed by atoms with Crippen LogP contribution < -0.4 is 16.4 Å². The quantitative estimate of drug-likeness (QED) is 0.485. The molecule has 0 unspecified atom stereocenters. The molecule has 10 heteroatoms. The fourth-order valence-electron chi connectivity index (χ4n) is 3.59. The fourth-order valence-corrected chi connectivity index (χ4v) is 5.55. The van der Waals surface area contributed by atoms with Crippen molar-refractivity contribution in [1.82, 2.24) is 15.3 Å². The van der Waals surface area contributed by atoms with E-state index in [1.807, 2.05) is 6.92 Å². The summed E-state index contributed by atoms with van der Waals surface area (Å²) < 4.78 is 37.9. The number of sulfone groups is 1. The number of carbonyl (C=O) groups excluding carboxylic acids is 1. The molecule has 1 aromatic heterocycles. The first-order valence-electron chi connectivity index (χ1n) is 10.4. The molecule has 33 heavy (non-hydrogen) atoms. The van der Waals surface area contributed by atoms with Gasteiger partial charge in [-0.1, -0.05) is 17.7 Å². The molecule has 3 aromatic rings. The Kier molecular flexibility index (Phi) is 6.03. The molecule has 0 bridgehead atoms. The minimum absolute atomic E-state index is 0.0723. The van der Waals surface area contributed by atoms with Gasteiger partial charge in [0.25, 0.3) is 0 Å². The SMILES string of the molecule is Cc1ccc(S(=O)(=O)C2(c3cc(N)nc(-c4ccc(NC(=O)NCCF)cc4)n3)CC2)cc1. The highest BCUT2D eigenvalue weighted by Crippen LogP contribution is 2.54. The normalized spacial score (nSPS) is 14.5. The van der Waals surface area contributed by atoms with Gasteiger partial charge in [0.05, 0.1) is 10.6 Å². The molecule has 172 valence electrons. The van der Waals surface area contributed by atoms with Crippen LogP contribution in [0.4, 0.5) is 20.7 Å². The number of aryl methyl sites for hydroxylation is 1. The molecular weight excluding hydrogens is 445 g/mol. The largest absolute Gasteiger partial charge is 0.384 e.